The fraction of sp³-hybridized carbons (Fsp3) is 0.115. The Balaban J connectivity index is 1.22. The summed E-state index contributed by atoms with van der Waals surface area (Å²) in [7, 11) is 0. The van der Waals surface area contributed by atoms with Crippen molar-refractivity contribution in [1.29, 1.82) is 0 Å². The maximum Gasteiger partial charge on any atom is 0.0714 e. The predicted octanol–water partition coefficient (Wildman–Crippen LogP) is 13.8. The molecule has 1 heteroatoms. The molecule has 254 valence electrons. The monoisotopic (exact) mass is 679 g/mol. The number of hydrogen-bond acceptors (Lipinski definition) is 1. The van der Waals surface area contributed by atoms with Crippen molar-refractivity contribution in [3.05, 3.63) is 221 Å². The van der Waals surface area contributed by atoms with Gasteiger partial charge < -0.3 is 4.90 Å². The van der Waals surface area contributed by atoms with E-state index >= 15 is 0 Å². The van der Waals surface area contributed by atoms with Crippen LogP contribution in [-0.4, -0.2) is 0 Å². The molecule has 8 aromatic carbocycles. The molecule has 0 bridgehead atoms. The number of fused-ring (bicyclic) bond motifs is 7. The van der Waals surface area contributed by atoms with E-state index in [0.717, 1.165) is 29.9 Å². The van der Waals surface area contributed by atoms with E-state index in [4.69, 9.17) is 0 Å². The zero-order valence-corrected chi connectivity index (χ0v) is 30.3. The Morgan fingerprint density at radius 3 is 1.57 bits per heavy atom. The van der Waals surface area contributed by atoms with Crippen LogP contribution in [-0.2, 0) is 10.8 Å². The van der Waals surface area contributed by atoms with Crippen LogP contribution in [0.25, 0.3) is 33.0 Å². The first-order chi connectivity index (χ1) is 26.2. The molecule has 10 rings (SSSR count). The first kappa shape index (κ1) is 31.5. The molecule has 0 spiro atoms. The first-order valence-corrected chi connectivity index (χ1v) is 19.1. The Kier molecular flexibility index (Phi) is 7.27. The molecule has 2 aliphatic rings. The molecule has 0 radical (unpaired) electrons. The lowest BCUT2D eigenvalue weighted by Crippen LogP contribution is -2.28. The second-order valence-electron chi connectivity index (χ2n) is 14.7. The van der Waals surface area contributed by atoms with Crippen molar-refractivity contribution >= 4 is 27.8 Å². The minimum absolute atomic E-state index is 0.00484. The molecule has 1 nitrogen and oxygen atoms in total. The maximum atomic E-state index is 2.47. The molecule has 0 atom stereocenters. The number of benzene rings is 8. The topological polar surface area (TPSA) is 3.24 Å². The summed E-state index contributed by atoms with van der Waals surface area (Å²) in [6, 6.07) is 70.2. The quantitative estimate of drug-likeness (QED) is 0.162. The van der Waals surface area contributed by atoms with E-state index in [0.29, 0.717) is 0 Å². The number of hydrogen-bond donors (Lipinski definition) is 0. The summed E-state index contributed by atoms with van der Waals surface area (Å²) in [5.74, 6) is 0. The Morgan fingerprint density at radius 1 is 0.358 bits per heavy atom. The van der Waals surface area contributed by atoms with Crippen LogP contribution in [0.15, 0.2) is 188 Å². The molecule has 0 aromatic heterocycles. The molecule has 0 aliphatic heterocycles. The third-order valence-corrected chi connectivity index (χ3v) is 12.4. The minimum atomic E-state index is -0.466. The Labute approximate surface area is 312 Å². The minimum Gasteiger partial charge on any atom is -0.310 e. The summed E-state index contributed by atoms with van der Waals surface area (Å²) in [4.78, 5) is 2.46. The van der Waals surface area contributed by atoms with Gasteiger partial charge in [0.2, 0.25) is 0 Å². The fourth-order valence-corrected chi connectivity index (χ4v) is 9.92. The zero-order chi connectivity index (χ0) is 35.6. The normalized spacial score (nSPS) is 14.3. The molecule has 0 fully saturated rings. The second-order valence-corrected chi connectivity index (χ2v) is 14.7. The van der Waals surface area contributed by atoms with Crippen molar-refractivity contribution in [1.82, 2.24) is 0 Å². The van der Waals surface area contributed by atoms with Gasteiger partial charge in [-0.25, -0.2) is 0 Å². The number of nitrogens with zero attached hydrogens (tertiary/aromatic N) is 1. The van der Waals surface area contributed by atoms with E-state index in [1.807, 2.05) is 0 Å². The van der Waals surface area contributed by atoms with E-state index in [2.05, 4.69) is 207 Å². The van der Waals surface area contributed by atoms with Crippen LogP contribution in [0.1, 0.15) is 60.1 Å². The molecule has 53 heavy (non-hydrogen) atoms. The van der Waals surface area contributed by atoms with Crippen molar-refractivity contribution in [2.45, 2.75) is 37.5 Å². The highest BCUT2D eigenvalue weighted by Gasteiger charge is 2.46. The van der Waals surface area contributed by atoms with Crippen LogP contribution in [0.2, 0.25) is 0 Å². The highest BCUT2D eigenvalue weighted by Crippen LogP contribution is 2.58. The molecule has 0 saturated carbocycles. The van der Waals surface area contributed by atoms with Gasteiger partial charge in [0.05, 0.1) is 5.41 Å². The van der Waals surface area contributed by atoms with Gasteiger partial charge in [-0.15, -0.1) is 0 Å². The fourth-order valence-electron chi connectivity index (χ4n) is 9.92. The predicted molar refractivity (Wildman–Crippen MR) is 223 cm³/mol. The van der Waals surface area contributed by atoms with Crippen LogP contribution in [0.3, 0.4) is 0 Å². The summed E-state index contributed by atoms with van der Waals surface area (Å²) in [5.41, 5.74) is 16.4. The summed E-state index contributed by atoms with van der Waals surface area (Å²) in [6.45, 7) is 4.71. The smallest absolute Gasteiger partial charge is 0.0714 e. The summed E-state index contributed by atoms with van der Waals surface area (Å²) in [5, 5.41) is 2.61. The molecule has 0 amide bonds. The highest BCUT2D eigenvalue weighted by atomic mass is 15.1. The first-order valence-electron chi connectivity index (χ1n) is 19.1. The van der Waals surface area contributed by atoms with Gasteiger partial charge in [0.1, 0.15) is 0 Å². The van der Waals surface area contributed by atoms with E-state index in [-0.39, 0.29) is 5.41 Å². The van der Waals surface area contributed by atoms with Gasteiger partial charge in [-0.2, -0.15) is 0 Å². The van der Waals surface area contributed by atoms with Crippen molar-refractivity contribution in [2.75, 3.05) is 4.90 Å². The molecule has 0 saturated heterocycles. The van der Waals surface area contributed by atoms with Gasteiger partial charge in [-0.1, -0.05) is 153 Å². The lowest BCUT2D eigenvalue weighted by atomic mass is 9.67. The molecule has 0 N–H and O–H groups in total. The maximum absolute atomic E-state index is 2.47. The molecule has 0 unspecified atom stereocenters. The Morgan fingerprint density at radius 2 is 0.887 bits per heavy atom. The van der Waals surface area contributed by atoms with Gasteiger partial charge in [-0.3, -0.25) is 0 Å². The van der Waals surface area contributed by atoms with Crippen molar-refractivity contribution in [2.24, 2.45) is 0 Å². The second kappa shape index (κ2) is 12.2. The number of para-hydroxylation sites is 1. The average molecular weight is 680 g/mol. The number of anilines is 3. The zero-order valence-electron chi connectivity index (χ0n) is 30.3. The van der Waals surface area contributed by atoms with Gasteiger partial charge in [0.25, 0.3) is 0 Å². The lowest BCUT2D eigenvalue weighted by Gasteiger charge is -2.35. The van der Waals surface area contributed by atoms with Gasteiger partial charge >= 0.3 is 0 Å². The van der Waals surface area contributed by atoms with Crippen LogP contribution in [0, 0.1) is 0 Å². The number of rotatable bonds is 7. The average Bonchev–Trinajstić information content (AvgIpc) is 3.68. The van der Waals surface area contributed by atoms with Crippen LogP contribution < -0.4 is 4.90 Å². The van der Waals surface area contributed by atoms with Gasteiger partial charge in [-0.05, 0) is 128 Å². The van der Waals surface area contributed by atoms with E-state index in [1.165, 1.54) is 66.4 Å². The molecular formula is C52H41N. The Bertz CT molecular complexity index is 2590. The van der Waals surface area contributed by atoms with Gasteiger partial charge in [0.15, 0.2) is 0 Å². The SMILES string of the molecule is CCC1(CC)c2ccc(N(c3ccccc3)c3ccc4c(c3)C(c3ccccc3)(c3ccccc3)c3ccccc3-4)cc2-c2cc3ccccc3cc21. The van der Waals surface area contributed by atoms with Crippen LogP contribution >= 0.6 is 0 Å². The third-order valence-electron chi connectivity index (χ3n) is 12.4. The summed E-state index contributed by atoms with van der Waals surface area (Å²) >= 11 is 0. The van der Waals surface area contributed by atoms with Gasteiger partial charge in [0, 0.05) is 22.5 Å². The van der Waals surface area contributed by atoms with E-state index < -0.39 is 5.41 Å². The van der Waals surface area contributed by atoms with E-state index in [9.17, 15) is 0 Å². The standard InChI is InChI=1S/C52H41N/c1-3-51(4-2)47-31-29-41(34-46(47)45-32-36-18-14-15-19-37(36)33-49(45)51)53(40-24-12-7-13-25-40)42-28-30-44-43-26-16-17-27-48(43)52(50(44)35-42,38-20-8-5-9-21-38)39-22-10-6-11-23-39/h5-35H,3-4H2,1-2H3. The Hall–Kier alpha value is -6.18. The molecular weight excluding hydrogens is 639 g/mol. The van der Waals surface area contributed by atoms with Crippen molar-refractivity contribution in [3.63, 3.8) is 0 Å². The van der Waals surface area contributed by atoms with E-state index in [1.54, 1.807) is 0 Å². The molecule has 0 heterocycles. The van der Waals surface area contributed by atoms with Crippen molar-refractivity contribution < 1.29 is 0 Å². The summed E-state index contributed by atoms with van der Waals surface area (Å²) in [6.07, 6.45) is 2.13. The lowest BCUT2D eigenvalue weighted by molar-refractivity contribution is 0.491. The summed E-state index contributed by atoms with van der Waals surface area (Å²) < 4.78 is 0. The highest BCUT2D eigenvalue weighted by molar-refractivity contribution is 5.96. The largest absolute Gasteiger partial charge is 0.310 e. The van der Waals surface area contributed by atoms with Crippen LogP contribution in [0.4, 0.5) is 17.1 Å². The molecule has 8 aromatic rings. The van der Waals surface area contributed by atoms with Crippen molar-refractivity contribution in [3.8, 4) is 22.3 Å². The molecule has 2 aliphatic carbocycles. The third kappa shape index (κ3) is 4.50. The van der Waals surface area contributed by atoms with Crippen LogP contribution in [0.5, 0.6) is 0 Å².